The third kappa shape index (κ3) is 2.44. The summed E-state index contributed by atoms with van der Waals surface area (Å²) in [6.07, 6.45) is -0.800. The Kier molecular flexibility index (Phi) is 4.15. The summed E-state index contributed by atoms with van der Waals surface area (Å²) >= 11 is 0. The van der Waals surface area contributed by atoms with Gasteiger partial charge in [-0.3, -0.25) is 9.69 Å². The van der Waals surface area contributed by atoms with E-state index in [0.29, 0.717) is 23.6 Å². The average Bonchev–Trinajstić information content (AvgIpc) is 2.44. The lowest BCUT2D eigenvalue weighted by molar-refractivity contribution is -0.143. The maximum Gasteiger partial charge on any atom is 0.320 e. The van der Waals surface area contributed by atoms with Crippen LogP contribution in [0.3, 0.4) is 0 Å². The van der Waals surface area contributed by atoms with Crippen molar-refractivity contribution in [2.75, 3.05) is 20.8 Å². The van der Waals surface area contributed by atoms with Crippen LogP contribution in [-0.2, 0) is 11.3 Å². The number of β-amino-alcohol motifs (C(OH)–C–C–N with tert-alkyl or cyclic N) is 1. The first-order valence-corrected chi connectivity index (χ1v) is 6.38. The van der Waals surface area contributed by atoms with E-state index in [1.165, 1.54) is 0 Å². The minimum Gasteiger partial charge on any atom is -0.496 e. The Balaban J connectivity index is 2.45. The lowest BCUT2D eigenvalue weighted by atomic mass is 9.94. The molecule has 1 aliphatic rings. The Morgan fingerprint density at radius 3 is 2.50 bits per heavy atom. The SMILES string of the molecule is COc1ccc(OC)c2c1CN(C(C)C(=O)O)CC2O. The first-order valence-electron chi connectivity index (χ1n) is 6.38. The number of carboxylic acid groups (broad SMARTS) is 1. The van der Waals surface area contributed by atoms with Crippen LogP contribution in [0, 0.1) is 0 Å². The highest BCUT2D eigenvalue weighted by Gasteiger charge is 2.33. The van der Waals surface area contributed by atoms with Crippen LogP contribution >= 0.6 is 0 Å². The number of carbonyl (C=O) groups is 1. The summed E-state index contributed by atoms with van der Waals surface area (Å²) in [4.78, 5) is 12.8. The Morgan fingerprint density at radius 2 is 1.95 bits per heavy atom. The number of fused-ring (bicyclic) bond motifs is 1. The standard InChI is InChI=1S/C14H19NO5/c1-8(14(17)18)15-6-9-11(19-2)4-5-12(20-3)13(9)10(16)7-15/h4-5,8,10,16H,6-7H2,1-3H3,(H,17,18). The van der Waals surface area contributed by atoms with E-state index in [9.17, 15) is 9.90 Å². The summed E-state index contributed by atoms with van der Waals surface area (Å²) in [6.45, 7) is 2.26. The summed E-state index contributed by atoms with van der Waals surface area (Å²) in [5.41, 5.74) is 1.46. The number of ether oxygens (including phenoxy) is 2. The molecule has 1 aromatic carbocycles. The van der Waals surface area contributed by atoms with Gasteiger partial charge in [-0.2, -0.15) is 0 Å². The van der Waals surface area contributed by atoms with Crippen LogP contribution in [0.1, 0.15) is 24.2 Å². The average molecular weight is 281 g/mol. The molecular formula is C14H19NO5. The quantitative estimate of drug-likeness (QED) is 0.858. The molecule has 1 heterocycles. The van der Waals surface area contributed by atoms with Gasteiger partial charge in [-0.1, -0.05) is 0 Å². The summed E-state index contributed by atoms with van der Waals surface area (Å²) in [5, 5.41) is 19.4. The van der Waals surface area contributed by atoms with Crippen LogP contribution in [0.5, 0.6) is 11.5 Å². The number of nitrogens with zero attached hydrogens (tertiary/aromatic N) is 1. The number of benzene rings is 1. The van der Waals surface area contributed by atoms with E-state index in [0.717, 1.165) is 5.56 Å². The highest BCUT2D eigenvalue weighted by Crippen LogP contribution is 2.39. The number of rotatable bonds is 4. The predicted molar refractivity (Wildman–Crippen MR) is 72.0 cm³/mol. The summed E-state index contributed by atoms with van der Waals surface area (Å²) in [5.74, 6) is 0.306. The molecule has 0 bridgehead atoms. The lowest BCUT2D eigenvalue weighted by Crippen LogP contribution is -2.43. The molecule has 0 aromatic heterocycles. The van der Waals surface area contributed by atoms with Gasteiger partial charge in [0.1, 0.15) is 17.5 Å². The van der Waals surface area contributed by atoms with E-state index in [1.54, 1.807) is 38.2 Å². The molecule has 2 atom stereocenters. The zero-order valence-electron chi connectivity index (χ0n) is 11.8. The van der Waals surface area contributed by atoms with Crippen molar-refractivity contribution in [3.63, 3.8) is 0 Å². The monoisotopic (exact) mass is 281 g/mol. The van der Waals surface area contributed by atoms with Gasteiger partial charge in [-0.25, -0.2) is 0 Å². The van der Waals surface area contributed by atoms with E-state index in [1.807, 2.05) is 0 Å². The molecule has 6 heteroatoms. The molecule has 2 unspecified atom stereocenters. The Morgan fingerprint density at radius 1 is 1.35 bits per heavy atom. The van der Waals surface area contributed by atoms with Crippen molar-refractivity contribution in [1.82, 2.24) is 4.90 Å². The van der Waals surface area contributed by atoms with Crippen LogP contribution in [-0.4, -0.2) is 47.9 Å². The second-order valence-corrected chi connectivity index (χ2v) is 4.82. The van der Waals surface area contributed by atoms with Crippen LogP contribution < -0.4 is 9.47 Å². The number of aliphatic carboxylic acids is 1. The van der Waals surface area contributed by atoms with Crippen molar-refractivity contribution >= 4 is 5.97 Å². The molecule has 0 fully saturated rings. The van der Waals surface area contributed by atoms with Crippen LogP contribution in [0.25, 0.3) is 0 Å². The van der Waals surface area contributed by atoms with Gasteiger partial charge in [0, 0.05) is 24.2 Å². The largest absolute Gasteiger partial charge is 0.496 e. The number of aliphatic hydroxyl groups is 1. The molecule has 2 N–H and O–H groups in total. The minimum absolute atomic E-state index is 0.254. The first kappa shape index (κ1) is 14.6. The molecule has 20 heavy (non-hydrogen) atoms. The highest BCUT2D eigenvalue weighted by atomic mass is 16.5. The van der Waals surface area contributed by atoms with Crippen LogP contribution in [0.15, 0.2) is 12.1 Å². The minimum atomic E-state index is -0.914. The third-order valence-corrected chi connectivity index (χ3v) is 3.72. The van der Waals surface area contributed by atoms with E-state index in [4.69, 9.17) is 14.6 Å². The smallest absolute Gasteiger partial charge is 0.320 e. The van der Waals surface area contributed by atoms with Gasteiger partial charge in [0.2, 0.25) is 0 Å². The van der Waals surface area contributed by atoms with Gasteiger partial charge >= 0.3 is 5.97 Å². The molecule has 2 rings (SSSR count). The fraction of sp³-hybridized carbons (Fsp3) is 0.500. The summed E-state index contributed by atoms with van der Waals surface area (Å²) in [7, 11) is 3.09. The third-order valence-electron chi connectivity index (χ3n) is 3.72. The maximum absolute atomic E-state index is 11.1. The zero-order chi connectivity index (χ0) is 14.9. The van der Waals surface area contributed by atoms with E-state index < -0.39 is 18.1 Å². The molecule has 110 valence electrons. The van der Waals surface area contributed by atoms with Gasteiger partial charge in [0.05, 0.1) is 20.3 Å². The van der Waals surface area contributed by atoms with Gasteiger partial charge in [0.15, 0.2) is 0 Å². The first-order chi connectivity index (χ1) is 9.49. The van der Waals surface area contributed by atoms with Crippen molar-refractivity contribution in [1.29, 1.82) is 0 Å². The van der Waals surface area contributed by atoms with E-state index in [2.05, 4.69) is 0 Å². The van der Waals surface area contributed by atoms with Crippen molar-refractivity contribution in [3.05, 3.63) is 23.3 Å². The maximum atomic E-state index is 11.1. The van der Waals surface area contributed by atoms with E-state index in [-0.39, 0.29) is 6.54 Å². The Labute approximate surface area is 117 Å². The highest BCUT2D eigenvalue weighted by molar-refractivity contribution is 5.73. The van der Waals surface area contributed by atoms with Crippen molar-refractivity contribution in [2.45, 2.75) is 25.6 Å². The van der Waals surface area contributed by atoms with Gasteiger partial charge in [0.25, 0.3) is 0 Å². The molecule has 1 aliphatic heterocycles. The summed E-state index contributed by atoms with van der Waals surface area (Å²) < 4.78 is 10.6. The zero-order valence-corrected chi connectivity index (χ0v) is 11.8. The molecule has 0 aliphatic carbocycles. The topological polar surface area (TPSA) is 79.2 Å². The van der Waals surface area contributed by atoms with Crippen molar-refractivity contribution < 1.29 is 24.5 Å². The second-order valence-electron chi connectivity index (χ2n) is 4.82. The molecule has 0 saturated carbocycles. The van der Waals surface area contributed by atoms with Crippen LogP contribution in [0.4, 0.5) is 0 Å². The molecule has 0 radical (unpaired) electrons. The van der Waals surface area contributed by atoms with Gasteiger partial charge in [-0.15, -0.1) is 0 Å². The Bertz CT molecular complexity index is 517. The Hall–Kier alpha value is -1.79. The second kappa shape index (κ2) is 5.68. The number of carboxylic acids is 1. The molecular weight excluding hydrogens is 262 g/mol. The predicted octanol–water partition coefficient (Wildman–Crippen LogP) is 1.03. The fourth-order valence-corrected chi connectivity index (χ4v) is 2.55. The molecule has 0 amide bonds. The molecule has 0 spiro atoms. The number of methoxy groups -OCH3 is 2. The number of hydrogen-bond donors (Lipinski definition) is 2. The van der Waals surface area contributed by atoms with Gasteiger partial charge in [-0.05, 0) is 19.1 Å². The lowest BCUT2D eigenvalue weighted by Gasteiger charge is -2.35. The summed E-state index contributed by atoms with van der Waals surface area (Å²) in [6, 6.07) is 2.84. The van der Waals surface area contributed by atoms with E-state index >= 15 is 0 Å². The van der Waals surface area contributed by atoms with Gasteiger partial charge < -0.3 is 19.7 Å². The molecule has 6 nitrogen and oxygen atoms in total. The fourth-order valence-electron chi connectivity index (χ4n) is 2.55. The molecule has 1 aromatic rings. The van der Waals surface area contributed by atoms with Crippen LogP contribution in [0.2, 0.25) is 0 Å². The van der Waals surface area contributed by atoms with Crippen molar-refractivity contribution in [2.24, 2.45) is 0 Å². The normalized spacial score (nSPS) is 20.1. The van der Waals surface area contributed by atoms with Crippen molar-refractivity contribution in [3.8, 4) is 11.5 Å². The number of hydrogen-bond acceptors (Lipinski definition) is 5. The number of aliphatic hydroxyl groups excluding tert-OH is 1. The molecule has 0 saturated heterocycles.